The number of aromatic nitrogens is 1. The molecule has 1 atom stereocenters. The molecule has 1 unspecified atom stereocenters. The van der Waals surface area contributed by atoms with Crippen molar-refractivity contribution in [2.24, 2.45) is 5.73 Å². The summed E-state index contributed by atoms with van der Waals surface area (Å²) in [6.45, 7) is 1.84. The normalized spacial score (nSPS) is 12.2. The second kappa shape index (κ2) is 6.65. The van der Waals surface area contributed by atoms with Gasteiger partial charge in [-0.05, 0) is 50.9 Å². The molecule has 0 saturated carbocycles. The molecule has 2 aromatic rings. The first-order chi connectivity index (χ1) is 9.38. The quantitative estimate of drug-likeness (QED) is 0.664. The van der Waals surface area contributed by atoms with Crippen molar-refractivity contribution in [2.75, 3.05) is 5.32 Å². The van der Waals surface area contributed by atoms with Gasteiger partial charge in [0, 0.05) is 18.8 Å². The molecule has 8 heteroatoms. The van der Waals surface area contributed by atoms with Crippen LogP contribution in [0.1, 0.15) is 28.5 Å². The fraction of sp³-hybridized carbons (Fsp3) is 0.167. The lowest BCUT2D eigenvalue weighted by Gasteiger charge is -2.09. The molecule has 106 valence electrons. The van der Waals surface area contributed by atoms with Crippen LogP contribution < -0.4 is 11.1 Å². The number of hydrogen-bond acceptors (Lipinski definition) is 4. The summed E-state index contributed by atoms with van der Waals surface area (Å²) in [5.41, 5.74) is 6.77. The van der Waals surface area contributed by atoms with Gasteiger partial charge in [0.25, 0.3) is 5.91 Å². The van der Waals surface area contributed by atoms with E-state index in [1.54, 1.807) is 5.38 Å². The molecule has 0 spiro atoms. The van der Waals surface area contributed by atoms with Crippen molar-refractivity contribution in [3.05, 3.63) is 41.6 Å². The van der Waals surface area contributed by atoms with E-state index in [0.29, 0.717) is 11.4 Å². The highest BCUT2D eigenvalue weighted by molar-refractivity contribution is 9.11. The summed E-state index contributed by atoms with van der Waals surface area (Å²) in [4.78, 5) is 16.4. The van der Waals surface area contributed by atoms with E-state index in [4.69, 9.17) is 5.73 Å². The highest BCUT2D eigenvalue weighted by Gasteiger charge is 2.16. The molecule has 1 amide bonds. The number of nitrogens with zero attached hydrogens (tertiary/aromatic N) is 1. The van der Waals surface area contributed by atoms with Gasteiger partial charge in [0.1, 0.15) is 10.7 Å². The Morgan fingerprint density at radius 1 is 1.35 bits per heavy atom. The highest BCUT2D eigenvalue weighted by atomic mass is 79.9. The van der Waals surface area contributed by atoms with Gasteiger partial charge >= 0.3 is 0 Å². The zero-order valence-corrected chi connectivity index (χ0v) is 15.9. The highest BCUT2D eigenvalue weighted by Crippen LogP contribution is 2.34. The molecular weight excluding hydrogens is 474 g/mol. The van der Waals surface area contributed by atoms with Crippen LogP contribution in [0.4, 0.5) is 5.69 Å². The number of nitrogens with one attached hydrogen (secondary N) is 1. The summed E-state index contributed by atoms with van der Waals surface area (Å²) in [7, 11) is 0. The van der Waals surface area contributed by atoms with Gasteiger partial charge in [0.2, 0.25) is 0 Å². The average molecular weight is 484 g/mol. The molecule has 0 aliphatic heterocycles. The molecule has 0 radical (unpaired) electrons. The Hall–Kier alpha value is -0.280. The third-order valence-corrected chi connectivity index (χ3v) is 5.14. The van der Waals surface area contributed by atoms with Gasteiger partial charge in [-0.1, -0.05) is 15.9 Å². The zero-order chi connectivity index (χ0) is 14.9. The topological polar surface area (TPSA) is 68.0 Å². The number of amides is 1. The Labute approximate surface area is 145 Å². The Morgan fingerprint density at radius 2 is 1.95 bits per heavy atom. The Kier molecular flexibility index (Phi) is 5.36. The monoisotopic (exact) mass is 481 g/mol. The van der Waals surface area contributed by atoms with Crippen LogP contribution in [0.2, 0.25) is 0 Å². The van der Waals surface area contributed by atoms with Crippen molar-refractivity contribution in [2.45, 2.75) is 13.0 Å². The third kappa shape index (κ3) is 3.67. The lowest BCUT2D eigenvalue weighted by molar-refractivity contribution is 0.102. The lowest BCUT2D eigenvalue weighted by Crippen LogP contribution is -2.14. The van der Waals surface area contributed by atoms with E-state index in [2.05, 4.69) is 58.1 Å². The molecule has 2 rings (SSSR count). The van der Waals surface area contributed by atoms with Crippen molar-refractivity contribution in [3.63, 3.8) is 0 Å². The van der Waals surface area contributed by atoms with Crippen molar-refractivity contribution >= 4 is 70.7 Å². The molecule has 3 N–H and O–H groups in total. The summed E-state index contributed by atoms with van der Waals surface area (Å²) in [5, 5.41) is 5.27. The number of thiazole rings is 1. The van der Waals surface area contributed by atoms with E-state index in [-0.39, 0.29) is 11.9 Å². The minimum absolute atomic E-state index is 0.173. The number of benzene rings is 1. The third-order valence-electron chi connectivity index (χ3n) is 2.39. The lowest BCUT2D eigenvalue weighted by atomic mass is 10.3. The molecule has 4 nitrogen and oxygen atoms in total. The first-order valence-corrected chi connectivity index (χ1v) is 8.81. The summed E-state index contributed by atoms with van der Waals surface area (Å²) in [5.74, 6) is -0.267. The summed E-state index contributed by atoms with van der Waals surface area (Å²) < 4.78 is 2.45. The second-order valence-electron chi connectivity index (χ2n) is 4.06. The number of anilines is 1. The SMILES string of the molecule is CC(N)c1nc(C(=O)Nc2c(Br)cc(Br)cc2Br)cs1. The van der Waals surface area contributed by atoms with Gasteiger partial charge in [0.05, 0.1) is 11.7 Å². The van der Waals surface area contributed by atoms with Crippen molar-refractivity contribution < 1.29 is 4.79 Å². The van der Waals surface area contributed by atoms with E-state index in [1.165, 1.54) is 11.3 Å². The summed E-state index contributed by atoms with van der Waals surface area (Å²) >= 11 is 11.6. The number of halogens is 3. The summed E-state index contributed by atoms with van der Waals surface area (Å²) in [6, 6.07) is 3.54. The zero-order valence-electron chi connectivity index (χ0n) is 10.3. The smallest absolute Gasteiger partial charge is 0.275 e. The van der Waals surface area contributed by atoms with Crippen molar-refractivity contribution in [3.8, 4) is 0 Å². The Balaban J connectivity index is 2.23. The number of rotatable bonds is 3. The molecule has 1 aromatic heterocycles. The van der Waals surface area contributed by atoms with Crippen molar-refractivity contribution in [1.29, 1.82) is 0 Å². The maximum atomic E-state index is 12.2. The van der Waals surface area contributed by atoms with Gasteiger partial charge in [0.15, 0.2) is 0 Å². The Morgan fingerprint density at radius 3 is 2.45 bits per heavy atom. The minimum Gasteiger partial charge on any atom is -0.322 e. The number of nitrogens with two attached hydrogens (primary N) is 1. The van der Waals surface area contributed by atoms with E-state index in [0.717, 1.165) is 18.4 Å². The van der Waals surface area contributed by atoms with Crippen LogP contribution in [-0.4, -0.2) is 10.9 Å². The van der Waals surface area contributed by atoms with Crippen molar-refractivity contribution in [1.82, 2.24) is 4.98 Å². The summed E-state index contributed by atoms with van der Waals surface area (Å²) in [6.07, 6.45) is 0. The first kappa shape index (κ1) is 16.1. The van der Waals surface area contributed by atoms with Gasteiger partial charge in [-0.3, -0.25) is 4.79 Å². The predicted molar refractivity (Wildman–Crippen MR) is 92.2 cm³/mol. The molecule has 0 aliphatic rings. The molecule has 0 saturated heterocycles. The predicted octanol–water partition coefficient (Wildman–Crippen LogP) is 4.70. The fourth-order valence-corrected chi connectivity index (χ4v) is 4.65. The van der Waals surface area contributed by atoms with Gasteiger partial charge < -0.3 is 11.1 Å². The minimum atomic E-state index is -0.267. The molecule has 20 heavy (non-hydrogen) atoms. The number of carbonyl (C=O) groups excluding carboxylic acids is 1. The average Bonchev–Trinajstić information content (AvgIpc) is 2.83. The van der Waals surface area contributed by atoms with Crippen LogP contribution in [0.15, 0.2) is 30.9 Å². The van der Waals surface area contributed by atoms with E-state index in [1.807, 2.05) is 19.1 Å². The van der Waals surface area contributed by atoms with E-state index >= 15 is 0 Å². The van der Waals surface area contributed by atoms with Crippen LogP contribution >= 0.6 is 59.1 Å². The maximum Gasteiger partial charge on any atom is 0.275 e. The fourth-order valence-electron chi connectivity index (χ4n) is 1.44. The van der Waals surface area contributed by atoms with Crippen LogP contribution in [0.3, 0.4) is 0 Å². The molecule has 0 fully saturated rings. The Bertz CT molecular complexity index is 634. The molecule has 0 aliphatic carbocycles. The first-order valence-electron chi connectivity index (χ1n) is 5.55. The van der Waals surface area contributed by atoms with Crippen LogP contribution in [0.5, 0.6) is 0 Å². The van der Waals surface area contributed by atoms with E-state index in [9.17, 15) is 4.79 Å². The molecular formula is C12H10Br3N3OS. The molecule has 0 bridgehead atoms. The molecule has 1 heterocycles. The molecule has 1 aromatic carbocycles. The van der Waals surface area contributed by atoms with Gasteiger partial charge in [-0.2, -0.15) is 0 Å². The van der Waals surface area contributed by atoms with Crippen LogP contribution in [0.25, 0.3) is 0 Å². The number of hydrogen-bond donors (Lipinski definition) is 2. The van der Waals surface area contributed by atoms with E-state index < -0.39 is 0 Å². The number of carbonyl (C=O) groups is 1. The standard InChI is InChI=1S/C12H10Br3N3OS/c1-5(16)12-17-9(4-20-12)11(19)18-10-7(14)2-6(13)3-8(10)15/h2-5H,16H2,1H3,(H,18,19). The van der Waals surface area contributed by atoms with Gasteiger partial charge in [-0.25, -0.2) is 4.98 Å². The largest absolute Gasteiger partial charge is 0.322 e. The second-order valence-corrected chi connectivity index (χ2v) is 7.57. The maximum absolute atomic E-state index is 12.2. The van der Waals surface area contributed by atoms with Gasteiger partial charge in [-0.15, -0.1) is 11.3 Å². The van der Waals surface area contributed by atoms with Crippen LogP contribution in [0, 0.1) is 0 Å². The van der Waals surface area contributed by atoms with Crippen LogP contribution in [-0.2, 0) is 0 Å².